The van der Waals surface area contributed by atoms with Crippen molar-refractivity contribution in [3.8, 4) is 23.3 Å². The largest absolute Gasteiger partial charge is 0.491 e. The molecular formula is C21H19BrCl2O2. The summed E-state index contributed by atoms with van der Waals surface area (Å²) >= 11 is 14.6. The fourth-order valence-corrected chi connectivity index (χ4v) is 2.77. The molecule has 0 atom stereocenters. The molecule has 2 aromatic carbocycles. The van der Waals surface area contributed by atoms with Gasteiger partial charge < -0.3 is 9.47 Å². The zero-order valence-corrected chi connectivity index (χ0v) is 17.9. The van der Waals surface area contributed by atoms with Crippen molar-refractivity contribution in [1.82, 2.24) is 0 Å². The number of benzene rings is 2. The Labute approximate surface area is 173 Å². The molecule has 0 aromatic heterocycles. The Morgan fingerprint density at radius 2 is 1.92 bits per heavy atom. The number of hydrogen-bond acceptors (Lipinski definition) is 2. The van der Waals surface area contributed by atoms with Gasteiger partial charge in [-0.1, -0.05) is 35.0 Å². The summed E-state index contributed by atoms with van der Waals surface area (Å²) in [7, 11) is 0. The highest BCUT2D eigenvalue weighted by molar-refractivity contribution is 9.10. The van der Waals surface area contributed by atoms with Crippen LogP contribution in [0.25, 0.3) is 0 Å². The lowest BCUT2D eigenvalue weighted by molar-refractivity contribution is 0.242. The van der Waals surface area contributed by atoms with E-state index in [2.05, 4.69) is 27.8 Å². The third kappa shape index (κ3) is 6.61. The van der Waals surface area contributed by atoms with Crippen molar-refractivity contribution in [2.75, 3.05) is 6.61 Å². The Morgan fingerprint density at radius 3 is 2.54 bits per heavy atom. The number of hydrogen-bond donors (Lipinski definition) is 0. The fourth-order valence-electron chi connectivity index (χ4n) is 2.15. The maximum Gasteiger partial charge on any atom is 0.134 e. The molecule has 0 N–H and O–H groups in total. The van der Waals surface area contributed by atoms with Gasteiger partial charge >= 0.3 is 0 Å². The SMILES string of the molecule is Cc1cc(OC(C)C)ccc1C#Cc1ccc(OCC=C(Cl)Cl)c(Br)c1. The van der Waals surface area contributed by atoms with Crippen LogP contribution in [0.3, 0.4) is 0 Å². The van der Waals surface area contributed by atoms with E-state index >= 15 is 0 Å². The van der Waals surface area contributed by atoms with Crippen molar-refractivity contribution >= 4 is 39.1 Å². The van der Waals surface area contributed by atoms with E-state index in [1.165, 1.54) is 0 Å². The van der Waals surface area contributed by atoms with Crippen LogP contribution in [-0.4, -0.2) is 12.7 Å². The van der Waals surface area contributed by atoms with Crippen molar-refractivity contribution < 1.29 is 9.47 Å². The topological polar surface area (TPSA) is 18.5 Å². The normalized spacial score (nSPS) is 10.1. The van der Waals surface area contributed by atoms with Crippen LogP contribution in [-0.2, 0) is 0 Å². The predicted molar refractivity (Wildman–Crippen MR) is 112 cm³/mol. The van der Waals surface area contributed by atoms with Gasteiger partial charge in [-0.25, -0.2) is 0 Å². The van der Waals surface area contributed by atoms with Crippen molar-refractivity contribution in [1.29, 1.82) is 0 Å². The molecule has 0 amide bonds. The van der Waals surface area contributed by atoms with Crippen LogP contribution < -0.4 is 9.47 Å². The number of ether oxygens (including phenoxy) is 2. The number of halogens is 3. The van der Waals surface area contributed by atoms with Crippen molar-refractivity contribution in [3.63, 3.8) is 0 Å². The maximum atomic E-state index is 5.70. The van der Waals surface area contributed by atoms with Gasteiger partial charge in [0, 0.05) is 11.1 Å². The van der Waals surface area contributed by atoms with Gasteiger partial charge in [0.1, 0.15) is 22.6 Å². The molecular weight excluding hydrogens is 435 g/mol. The van der Waals surface area contributed by atoms with E-state index in [4.69, 9.17) is 32.7 Å². The molecule has 0 aliphatic carbocycles. The van der Waals surface area contributed by atoms with Crippen LogP contribution in [0.1, 0.15) is 30.5 Å². The Bertz CT molecular complexity index is 860. The average Bonchev–Trinajstić information content (AvgIpc) is 2.55. The standard InChI is InChI=1S/C21H19BrCl2O2/c1-14(2)26-18-8-7-17(15(3)12-18)6-4-16-5-9-20(19(22)13-16)25-11-10-21(23)24/h5,7-10,12-14H,11H2,1-3H3. The second-order valence-corrected chi connectivity index (χ2v) is 7.71. The molecule has 0 spiro atoms. The minimum atomic E-state index is 0.153. The average molecular weight is 454 g/mol. The lowest BCUT2D eigenvalue weighted by Gasteiger charge is -2.10. The van der Waals surface area contributed by atoms with Crippen molar-refractivity contribution in [2.24, 2.45) is 0 Å². The summed E-state index contributed by atoms with van der Waals surface area (Å²) in [5.74, 6) is 7.94. The second kappa shape index (κ2) is 9.92. The first kappa shape index (κ1) is 20.7. The van der Waals surface area contributed by atoms with Crippen LogP contribution in [0.4, 0.5) is 0 Å². The van der Waals surface area contributed by atoms with Crippen LogP contribution in [0.2, 0.25) is 0 Å². The molecule has 2 rings (SSSR count). The molecule has 26 heavy (non-hydrogen) atoms. The van der Waals surface area contributed by atoms with E-state index in [0.717, 1.165) is 26.9 Å². The third-order valence-electron chi connectivity index (χ3n) is 3.32. The molecule has 0 saturated carbocycles. The van der Waals surface area contributed by atoms with E-state index in [1.54, 1.807) is 6.08 Å². The quantitative estimate of drug-likeness (QED) is 0.472. The zero-order chi connectivity index (χ0) is 19.1. The maximum absolute atomic E-state index is 5.70. The highest BCUT2D eigenvalue weighted by Gasteiger charge is 2.03. The summed E-state index contributed by atoms with van der Waals surface area (Å²) in [4.78, 5) is 0. The van der Waals surface area contributed by atoms with Gasteiger partial charge in [-0.3, -0.25) is 0 Å². The van der Waals surface area contributed by atoms with Gasteiger partial charge in [0.15, 0.2) is 0 Å². The summed E-state index contributed by atoms with van der Waals surface area (Å²) in [6.07, 6.45) is 1.74. The first-order valence-corrected chi connectivity index (χ1v) is 9.63. The monoisotopic (exact) mass is 452 g/mol. The second-order valence-electron chi connectivity index (χ2n) is 5.84. The summed E-state index contributed by atoms with van der Waals surface area (Å²) in [5, 5.41) is 0. The third-order valence-corrected chi connectivity index (χ3v) is 4.25. The van der Waals surface area contributed by atoms with E-state index in [0.29, 0.717) is 12.4 Å². The molecule has 5 heteroatoms. The highest BCUT2D eigenvalue weighted by atomic mass is 79.9. The summed E-state index contributed by atoms with van der Waals surface area (Å²) < 4.78 is 12.3. The van der Waals surface area contributed by atoms with Crippen molar-refractivity contribution in [2.45, 2.75) is 26.9 Å². The van der Waals surface area contributed by atoms with Gasteiger partial charge in [-0.2, -0.15) is 0 Å². The Hall–Kier alpha value is -1.60. The zero-order valence-electron chi connectivity index (χ0n) is 14.8. The first-order valence-electron chi connectivity index (χ1n) is 8.08. The molecule has 0 aliphatic heterocycles. The fraction of sp³-hybridized carbons (Fsp3) is 0.238. The minimum absolute atomic E-state index is 0.153. The highest BCUT2D eigenvalue weighted by Crippen LogP contribution is 2.26. The van der Waals surface area contributed by atoms with Gasteiger partial charge in [-0.15, -0.1) is 0 Å². The lowest BCUT2D eigenvalue weighted by atomic mass is 10.1. The molecule has 0 bridgehead atoms. The summed E-state index contributed by atoms with van der Waals surface area (Å²) in [6, 6.07) is 11.6. The van der Waals surface area contributed by atoms with Crippen LogP contribution >= 0.6 is 39.1 Å². The minimum Gasteiger partial charge on any atom is -0.491 e. The molecule has 136 valence electrons. The summed E-state index contributed by atoms with van der Waals surface area (Å²) in [6.45, 7) is 6.35. The smallest absolute Gasteiger partial charge is 0.134 e. The van der Waals surface area contributed by atoms with Crippen molar-refractivity contribution in [3.05, 3.63) is 68.1 Å². The Kier molecular flexibility index (Phi) is 7.90. The molecule has 0 heterocycles. The molecule has 2 nitrogen and oxygen atoms in total. The van der Waals surface area contributed by atoms with Gasteiger partial charge in [0.25, 0.3) is 0 Å². The van der Waals surface area contributed by atoms with Crippen LogP contribution in [0.5, 0.6) is 11.5 Å². The molecule has 0 radical (unpaired) electrons. The Morgan fingerprint density at radius 1 is 1.15 bits per heavy atom. The van der Waals surface area contributed by atoms with Gasteiger partial charge in [-0.05, 0) is 84.7 Å². The molecule has 0 aliphatic rings. The van der Waals surface area contributed by atoms with Gasteiger partial charge in [0.05, 0.1) is 10.6 Å². The van der Waals surface area contributed by atoms with E-state index < -0.39 is 0 Å². The lowest BCUT2D eigenvalue weighted by Crippen LogP contribution is -2.05. The predicted octanol–water partition coefficient (Wildman–Crippen LogP) is 6.64. The van der Waals surface area contributed by atoms with E-state index in [-0.39, 0.29) is 10.6 Å². The number of rotatable bonds is 5. The van der Waals surface area contributed by atoms with E-state index in [9.17, 15) is 0 Å². The molecule has 0 unspecified atom stereocenters. The van der Waals surface area contributed by atoms with Crippen LogP contribution in [0.15, 0.2) is 51.4 Å². The van der Waals surface area contributed by atoms with E-state index in [1.807, 2.05) is 57.2 Å². The number of aryl methyl sites for hydroxylation is 1. The van der Waals surface area contributed by atoms with Gasteiger partial charge in [0.2, 0.25) is 0 Å². The first-order chi connectivity index (χ1) is 12.3. The summed E-state index contributed by atoms with van der Waals surface area (Å²) in [5.41, 5.74) is 2.94. The molecule has 2 aromatic rings. The Balaban J connectivity index is 2.12. The molecule has 0 fully saturated rings. The van der Waals surface area contributed by atoms with Crippen LogP contribution in [0, 0.1) is 18.8 Å². The molecule has 0 saturated heterocycles.